The van der Waals surface area contributed by atoms with Crippen LogP contribution in [-0.4, -0.2) is 54.3 Å². The van der Waals surface area contributed by atoms with Gasteiger partial charge in [0.2, 0.25) is 0 Å². The van der Waals surface area contributed by atoms with Crippen LogP contribution in [0.3, 0.4) is 0 Å². The molecule has 156 valence electrons. The van der Waals surface area contributed by atoms with Gasteiger partial charge in [0, 0.05) is 24.5 Å². The lowest BCUT2D eigenvalue weighted by Gasteiger charge is -2.32. The zero-order valence-electron chi connectivity index (χ0n) is 17.4. The Kier molecular flexibility index (Phi) is 6.74. The van der Waals surface area contributed by atoms with Crippen LogP contribution in [-0.2, 0) is 6.54 Å². The molecule has 1 atom stereocenters. The standard InChI is InChI=1S/C21H28N4O4/c1-14-10-15(2)24-20(23-14)29-17-6-5-9-25(13-17)21(26)22-12-16-7-8-18(27-3)19(11-16)28-4/h7-8,10-11,17H,5-6,9,12-13H2,1-4H3,(H,22,26). The maximum absolute atomic E-state index is 12.6. The number of aryl methyl sites for hydroxylation is 2. The van der Waals surface area contributed by atoms with E-state index in [-0.39, 0.29) is 12.1 Å². The summed E-state index contributed by atoms with van der Waals surface area (Å²) in [5.41, 5.74) is 2.67. The summed E-state index contributed by atoms with van der Waals surface area (Å²) >= 11 is 0. The number of nitrogens with zero attached hydrogens (tertiary/aromatic N) is 3. The second-order valence-corrected chi connectivity index (χ2v) is 7.11. The molecule has 1 saturated heterocycles. The fraction of sp³-hybridized carbons (Fsp3) is 0.476. The predicted molar refractivity (Wildman–Crippen MR) is 109 cm³/mol. The summed E-state index contributed by atoms with van der Waals surface area (Å²) in [5.74, 6) is 1.30. The first kappa shape index (κ1) is 20.7. The molecule has 2 amide bonds. The third-order valence-corrected chi connectivity index (χ3v) is 4.79. The zero-order chi connectivity index (χ0) is 20.8. The Morgan fingerprint density at radius 2 is 1.86 bits per heavy atom. The number of rotatable bonds is 6. The van der Waals surface area contributed by atoms with Crippen LogP contribution in [0.2, 0.25) is 0 Å². The monoisotopic (exact) mass is 400 g/mol. The van der Waals surface area contributed by atoms with Gasteiger partial charge in [-0.15, -0.1) is 0 Å². The smallest absolute Gasteiger partial charge is 0.317 e. The fourth-order valence-electron chi connectivity index (χ4n) is 3.39. The molecule has 1 aliphatic rings. The molecule has 29 heavy (non-hydrogen) atoms. The first-order chi connectivity index (χ1) is 14.0. The van der Waals surface area contributed by atoms with Gasteiger partial charge in [-0.05, 0) is 50.5 Å². The maximum atomic E-state index is 12.6. The number of carbonyl (C=O) groups excluding carboxylic acids is 1. The fourth-order valence-corrected chi connectivity index (χ4v) is 3.39. The number of methoxy groups -OCH3 is 2. The van der Waals surface area contributed by atoms with Gasteiger partial charge in [0.1, 0.15) is 6.10 Å². The Morgan fingerprint density at radius 3 is 2.55 bits per heavy atom. The lowest BCUT2D eigenvalue weighted by molar-refractivity contribution is 0.0935. The average molecular weight is 400 g/mol. The first-order valence-corrected chi connectivity index (χ1v) is 9.71. The SMILES string of the molecule is COc1ccc(CNC(=O)N2CCCC(Oc3nc(C)cc(C)n3)C2)cc1OC. The third-order valence-electron chi connectivity index (χ3n) is 4.79. The number of nitrogens with one attached hydrogen (secondary N) is 1. The summed E-state index contributed by atoms with van der Waals surface area (Å²) in [6.07, 6.45) is 1.63. The van der Waals surface area contributed by atoms with E-state index in [1.165, 1.54) is 0 Å². The summed E-state index contributed by atoms with van der Waals surface area (Å²) in [4.78, 5) is 23.1. The van der Waals surface area contributed by atoms with Gasteiger partial charge in [-0.3, -0.25) is 0 Å². The molecule has 3 rings (SSSR count). The van der Waals surface area contributed by atoms with Gasteiger partial charge in [0.15, 0.2) is 11.5 Å². The molecule has 8 heteroatoms. The van der Waals surface area contributed by atoms with E-state index in [1.54, 1.807) is 19.1 Å². The van der Waals surface area contributed by atoms with Gasteiger partial charge < -0.3 is 24.4 Å². The maximum Gasteiger partial charge on any atom is 0.317 e. The van der Waals surface area contributed by atoms with E-state index < -0.39 is 0 Å². The van der Waals surface area contributed by atoms with Crippen LogP contribution in [0.25, 0.3) is 0 Å². The molecule has 0 spiro atoms. The Bertz CT molecular complexity index is 838. The van der Waals surface area contributed by atoms with Crippen LogP contribution < -0.4 is 19.5 Å². The molecular formula is C21H28N4O4. The van der Waals surface area contributed by atoms with Crippen LogP contribution in [0, 0.1) is 13.8 Å². The van der Waals surface area contributed by atoms with Crippen LogP contribution in [0.4, 0.5) is 4.79 Å². The van der Waals surface area contributed by atoms with E-state index in [9.17, 15) is 4.79 Å². The minimum absolute atomic E-state index is 0.114. The molecule has 1 unspecified atom stereocenters. The molecule has 0 saturated carbocycles. The third kappa shape index (κ3) is 5.49. The molecule has 1 fully saturated rings. The van der Waals surface area contributed by atoms with Crippen molar-refractivity contribution < 1.29 is 19.0 Å². The van der Waals surface area contributed by atoms with Gasteiger partial charge in [-0.25, -0.2) is 14.8 Å². The summed E-state index contributed by atoms with van der Waals surface area (Å²) in [5, 5.41) is 2.96. The Labute approximate surface area is 171 Å². The van der Waals surface area contributed by atoms with Gasteiger partial charge in [-0.2, -0.15) is 0 Å². The van der Waals surface area contributed by atoms with Crippen molar-refractivity contribution >= 4 is 6.03 Å². The molecule has 8 nitrogen and oxygen atoms in total. The highest BCUT2D eigenvalue weighted by molar-refractivity contribution is 5.74. The van der Waals surface area contributed by atoms with E-state index in [4.69, 9.17) is 14.2 Å². The minimum Gasteiger partial charge on any atom is -0.493 e. The van der Waals surface area contributed by atoms with Crippen LogP contribution >= 0.6 is 0 Å². The number of urea groups is 1. The van der Waals surface area contributed by atoms with E-state index in [0.717, 1.165) is 29.8 Å². The highest BCUT2D eigenvalue weighted by Crippen LogP contribution is 2.27. The van der Waals surface area contributed by atoms with Crippen molar-refractivity contribution in [2.45, 2.75) is 39.3 Å². The largest absolute Gasteiger partial charge is 0.493 e. The average Bonchev–Trinajstić information content (AvgIpc) is 2.71. The lowest BCUT2D eigenvalue weighted by atomic mass is 10.1. The number of piperidine rings is 1. The van der Waals surface area contributed by atoms with Gasteiger partial charge in [0.05, 0.1) is 20.8 Å². The minimum atomic E-state index is -0.116. The van der Waals surface area contributed by atoms with E-state index >= 15 is 0 Å². The van der Waals surface area contributed by atoms with Gasteiger partial charge in [0.25, 0.3) is 0 Å². The summed E-state index contributed by atoms with van der Waals surface area (Å²) in [7, 11) is 3.19. The molecular weight excluding hydrogens is 372 g/mol. The molecule has 1 aliphatic heterocycles. The van der Waals surface area contributed by atoms with Crippen molar-refractivity contribution in [2.24, 2.45) is 0 Å². The summed E-state index contributed by atoms with van der Waals surface area (Å²) in [6, 6.07) is 7.76. The topological polar surface area (TPSA) is 85.8 Å². The van der Waals surface area contributed by atoms with Crippen molar-refractivity contribution in [3.05, 3.63) is 41.2 Å². The molecule has 1 aromatic carbocycles. The second kappa shape index (κ2) is 9.45. The highest BCUT2D eigenvalue weighted by Gasteiger charge is 2.25. The van der Waals surface area contributed by atoms with Crippen molar-refractivity contribution in [3.63, 3.8) is 0 Å². The van der Waals surface area contributed by atoms with Crippen molar-refractivity contribution in [2.75, 3.05) is 27.3 Å². The first-order valence-electron chi connectivity index (χ1n) is 9.71. The van der Waals surface area contributed by atoms with E-state index in [2.05, 4.69) is 15.3 Å². The van der Waals surface area contributed by atoms with Crippen LogP contribution in [0.15, 0.2) is 24.3 Å². The van der Waals surface area contributed by atoms with Crippen LogP contribution in [0.1, 0.15) is 29.8 Å². The highest BCUT2D eigenvalue weighted by atomic mass is 16.5. The zero-order valence-corrected chi connectivity index (χ0v) is 17.4. The number of amides is 2. The number of carbonyl (C=O) groups is 1. The number of hydrogen-bond donors (Lipinski definition) is 1. The van der Waals surface area contributed by atoms with Gasteiger partial charge in [-0.1, -0.05) is 6.07 Å². The molecule has 1 aromatic heterocycles. The molecule has 0 bridgehead atoms. The second-order valence-electron chi connectivity index (χ2n) is 7.11. The van der Waals surface area contributed by atoms with E-state index in [0.29, 0.717) is 37.1 Å². The van der Waals surface area contributed by atoms with E-state index in [1.807, 2.05) is 38.1 Å². The number of aromatic nitrogens is 2. The summed E-state index contributed by atoms with van der Waals surface area (Å²) < 4.78 is 16.5. The number of benzene rings is 1. The summed E-state index contributed by atoms with van der Waals surface area (Å²) in [6.45, 7) is 5.44. The molecule has 0 radical (unpaired) electrons. The molecule has 2 heterocycles. The Balaban J connectivity index is 1.55. The predicted octanol–water partition coefficient (Wildman–Crippen LogP) is 2.86. The number of ether oxygens (including phenoxy) is 3. The molecule has 1 N–H and O–H groups in total. The normalized spacial score (nSPS) is 16.3. The number of likely N-dealkylation sites (tertiary alicyclic amines) is 1. The number of hydrogen-bond acceptors (Lipinski definition) is 6. The molecule has 0 aliphatic carbocycles. The Morgan fingerprint density at radius 1 is 1.14 bits per heavy atom. The van der Waals surface area contributed by atoms with Crippen molar-refractivity contribution in [3.8, 4) is 17.5 Å². The molecule has 2 aromatic rings. The Hall–Kier alpha value is -3.03. The van der Waals surface area contributed by atoms with Crippen molar-refractivity contribution in [1.29, 1.82) is 0 Å². The van der Waals surface area contributed by atoms with Crippen LogP contribution in [0.5, 0.6) is 17.5 Å². The lowest BCUT2D eigenvalue weighted by Crippen LogP contribution is -2.48. The quantitative estimate of drug-likeness (QED) is 0.803. The van der Waals surface area contributed by atoms with Crippen molar-refractivity contribution in [1.82, 2.24) is 20.2 Å². The van der Waals surface area contributed by atoms with Gasteiger partial charge >= 0.3 is 12.0 Å².